The molecule has 0 N–H and O–H groups in total. The summed E-state index contributed by atoms with van der Waals surface area (Å²) in [6.07, 6.45) is 8.17. The van der Waals surface area contributed by atoms with Crippen molar-refractivity contribution in [1.29, 1.82) is 0 Å². The second-order valence-corrected chi connectivity index (χ2v) is 8.39. The second-order valence-electron chi connectivity index (χ2n) is 8.39. The lowest BCUT2D eigenvalue weighted by Crippen LogP contribution is -2.50. The Bertz CT molecular complexity index is 943. The van der Waals surface area contributed by atoms with Gasteiger partial charge in [-0.15, -0.1) is 0 Å². The molecule has 2 atom stereocenters. The van der Waals surface area contributed by atoms with Crippen molar-refractivity contribution in [2.75, 3.05) is 20.3 Å². The summed E-state index contributed by atoms with van der Waals surface area (Å²) < 4.78 is 17.0. The molecule has 0 aromatic heterocycles. The molecule has 2 aromatic rings. The minimum absolute atomic E-state index is 0.0271. The van der Waals surface area contributed by atoms with Crippen LogP contribution in [0.2, 0.25) is 0 Å². The van der Waals surface area contributed by atoms with E-state index < -0.39 is 5.79 Å². The quantitative estimate of drug-likeness (QED) is 0.723. The first kappa shape index (κ1) is 18.6. The van der Waals surface area contributed by atoms with E-state index in [1.807, 2.05) is 12.1 Å². The van der Waals surface area contributed by atoms with Crippen molar-refractivity contribution in [3.05, 3.63) is 76.9 Å². The van der Waals surface area contributed by atoms with Crippen LogP contribution in [0.5, 0.6) is 0 Å². The number of carbonyl (C=O) groups is 1. The molecular weight excluding hydrogens is 364 g/mol. The number of carbonyl (C=O) groups excluding carboxylic acids is 1. The summed E-state index contributed by atoms with van der Waals surface area (Å²) in [5.74, 6) is -0.402. The van der Waals surface area contributed by atoms with Crippen LogP contribution >= 0.6 is 0 Å². The predicted molar refractivity (Wildman–Crippen MR) is 111 cm³/mol. The first-order chi connectivity index (χ1) is 14.1. The number of esters is 1. The zero-order valence-electron chi connectivity index (χ0n) is 16.7. The Balaban J connectivity index is 1.58. The van der Waals surface area contributed by atoms with Crippen LogP contribution in [0.3, 0.4) is 0 Å². The normalized spacial score (nSPS) is 26.7. The maximum Gasteiger partial charge on any atom is 0.337 e. The Kier molecular flexibility index (Phi) is 4.56. The number of benzene rings is 2. The number of fused-ring (bicyclic) bond motifs is 3. The van der Waals surface area contributed by atoms with E-state index in [1.165, 1.54) is 18.2 Å². The van der Waals surface area contributed by atoms with Crippen molar-refractivity contribution >= 4 is 12.0 Å². The molecule has 1 heterocycles. The largest absolute Gasteiger partial charge is 0.465 e. The van der Waals surface area contributed by atoms with Crippen molar-refractivity contribution in [2.45, 2.75) is 36.9 Å². The van der Waals surface area contributed by atoms with E-state index in [2.05, 4.69) is 48.6 Å². The van der Waals surface area contributed by atoms with Gasteiger partial charge in [-0.25, -0.2) is 4.79 Å². The highest BCUT2D eigenvalue weighted by molar-refractivity contribution is 5.90. The molecule has 0 amide bonds. The third-order valence-electron chi connectivity index (χ3n) is 6.89. The van der Waals surface area contributed by atoms with Gasteiger partial charge in [-0.05, 0) is 47.6 Å². The molecular formula is C25H26O4. The smallest absolute Gasteiger partial charge is 0.337 e. The van der Waals surface area contributed by atoms with Crippen molar-refractivity contribution < 1.29 is 19.0 Å². The van der Waals surface area contributed by atoms with Crippen LogP contribution in [0, 0.1) is 5.92 Å². The van der Waals surface area contributed by atoms with Crippen molar-refractivity contribution in [1.82, 2.24) is 0 Å². The van der Waals surface area contributed by atoms with E-state index in [9.17, 15) is 4.79 Å². The summed E-state index contributed by atoms with van der Waals surface area (Å²) in [5, 5.41) is 0. The van der Waals surface area contributed by atoms with Crippen LogP contribution in [0.25, 0.3) is 6.08 Å². The molecule has 1 aliphatic heterocycles. The molecule has 5 rings (SSSR count). The molecule has 3 aliphatic rings. The number of allylic oxidation sites excluding steroid dienone is 1. The summed E-state index contributed by atoms with van der Waals surface area (Å²) in [4.78, 5) is 12.0. The fourth-order valence-corrected chi connectivity index (χ4v) is 5.47. The van der Waals surface area contributed by atoms with Gasteiger partial charge in [0.1, 0.15) is 0 Å². The van der Waals surface area contributed by atoms with Crippen molar-refractivity contribution in [2.24, 2.45) is 5.92 Å². The van der Waals surface area contributed by atoms with Gasteiger partial charge in [0, 0.05) is 18.3 Å². The van der Waals surface area contributed by atoms with Gasteiger partial charge in [0.25, 0.3) is 0 Å². The number of rotatable bonds is 3. The van der Waals surface area contributed by atoms with Crippen LogP contribution in [0.4, 0.5) is 0 Å². The van der Waals surface area contributed by atoms with Crippen LogP contribution in [0.1, 0.15) is 46.3 Å². The SMILES string of the molecule is COC(=O)c1ccc2c(c1)C=C[C@H]1CC3(CC[C@@]21Cc1ccccc1)OCCO3. The van der Waals surface area contributed by atoms with E-state index in [4.69, 9.17) is 14.2 Å². The first-order valence-corrected chi connectivity index (χ1v) is 10.4. The van der Waals surface area contributed by atoms with Crippen molar-refractivity contribution in [3.63, 3.8) is 0 Å². The summed E-state index contributed by atoms with van der Waals surface area (Å²) in [6.45, 7) is 1.36. The Morgan fingerprint density at radius 2 is 1.90 bits per heavy atom. The van der Waals surface area contributed by atoms with Gasteiger partial charge in [-0.1, -0.05) is 48.6 Å². The lowest BCUT2D eigenvalue weighted by atomic mass is 9.56. The summed E-state index contributed by atoms with van der Waals surface area (Å²) in [6, 6.07) is 16.7. The lowest BCUT2D eigenvalue weighted by molar-refractivity contribution is -0.194. The lowest BCUT2D eigenvalue weighted by Gasteiger charge is -2.51. The Morgan fingerprint density at radius 1 is 1.10 bits per heavy atom. The van der Waals surface area contributed by atoms with Gasteiger partial charge in [0.2, 0.25) is 0 Å². The fraction of sp³-hybridized carbons (Fsp3) is 0.400. The summed E-state index contributed by atoms with van der Waals surface area (Å²) >= 11 is 0. The summed E-state index contributed by atoms with van der Waals surface area (Å²) in [5.41, 5.74) is 4.33. The molecule has 1 spiro atoms. The molecule has 0 bridgehead atoms. The van der Waals surface area contributed by atoms with E-state index in [-0.39, 0.29) is 11.4 Å². The van der Waals surface area contributed by atoms with Crippen molar-refractivity contribution in [3.8, 4) is 0 Å². The number of ether oxygens (including phenoxy) is 3. The number of methoxy groups -OCH3 is 1. The zero-order valence-corrected chi connectivity index (χ0v) is 16.7. The molecule has 0 unspecified atom stereocenters. The molecule has 150 valence electrons. The van der Waals surface area contributed by atoms with Gasteiger partial charge in [0.15, 0.2) is 5.79 Å². The highest BCUT2D eigenvalue weighted by Gasteiger charge is 2.53. The molecule has 4 heteroatoms. The van der Waals surface area contributed by atoms with Gasteiger partial charge >= 0.3 is 5.97 Å². The minimum atomic E-state index is -0.432. The molecule has 1 saturated carbocycles. The first-order valence-electron chi connectivity index (χ1n) is 10.4. The van der Waals surface area contributed by atoms with Gasteiger partial charge in [-0.2, -0.15) is 0 Å². The summed E-state index contributed by atoms with van der Waals surface area (Å²) in [7, 11) is 1.42. The molecule has 2 aliphatic carbocycles. The van der Waals surface area contributed by atoms with Gasteiger partial charge in [-0.3, -0.25) is 0 Å². The highest BCUT2D eigenvalue weighted by Crippen LogP contribution is 2.54. The highest BCUT2D eigenvalue weighted by atomic mass is 16.7. The van der Waals surface area contributed by atoms with Crippen LogP contribution in [-0.2, 0) is 26.0 Å². The molecule has 1 saturated heterocycles. The maximum absolute atomic E-state index is 12.0. The molecule has 4 nitrogen and oxygen atoms in total. The number of hydrogen-bond acceptors (Lipinski definition) is 4. The standard InChI is InChI=1S/C25H26O4/c1-27-23(26)20-8-10-22-19(15-20)7-9-21-17-25(28-13-14-29-25)12-11-24(21,22)16-18-5-3-2-4-6-18/h2-10,15,21H,11-14,16-17H2,1H3/t21-,24-/m0/s1. The molecule has 0 radical (unpaired) electrons. The van der Waals surface area contributed by atoms with Crippen LogP contribution in [-0.4, -0.2) is 32.1 Å². The van der Waals surface area contributed by atoms with Gasteiger partial charge < -0.3 is 14.2 Å². The van der Waals surface area contributed by atoms with Gasteiger partial charge in [0.05, 0.1) is 25.9 Å². The Hall–Kier alpha value is -2.43. The Labute approximate surface area is 171 Å². The van der Waals surface area contributed by atoms with E-state index in [0.29, 0.717) is 24.7 Å². The zero-order chi connectivity index (χ0) is 19.9. The molecule has 2 aromatic carbocycles. The third-order valence-corrected chi connectivity index (χ3v) is 6.89. The van der Waals surface area contributed by atoms with E-state index in [1.54, 1.807) is 0 Å². The van der Waals surface area contributed by atoms with E-state index >= 15 is 0 Å². The number of hydrogen-bond donors (Lipinski definition) is 0. The molecule has 2 fully saturated rings. The topological polar surface area (TPSA) is 44.8 Å². The Morgan fingerprint density at radius 3 is 2.66 bits per heavy atom. The average Bonchev–Trinajstić information content (AvgIpc) is 3.22. The molecule has 29 heavy (non-hydrogen) atoms. The third kappa shape index (κ3) is 3.11. The van der Waals surface area contributed by atoms with Crippen LogP contribution < -0.4 is 0 Å². The van der Waals surface area contributed by atoms with E-state index in [0.717, 1.165) is 31.2 Å². The minimum Gasteiger partial charge on any atom is -0.465 e. The second kappa shape index (κ2) is 7.12. The fourth-order valence-electron chi connectivity index (χ4n) is 5.47. The average molecular weight is 390 g/mol. The maximum atomic E-state index is 12.0. The monoisotopic (exact) mass is 390 g/mol. The predicted octanol–water partition coefficient (Wildman–Crippen LogP) is 4.52. The van der Waals surface area contributed by atoms with Crippen LogP contribution in [0.15, 0.2) is 54.6 Å².